The molecule has 9 heteroatoms. The van der Waals surface area contributed by atoms with E-state index >= 15 is 0 Å². The number of nitrogens with two attached hydrogens (primary N) is 1. The smallest absolute Gasteiger partial charge is 0.326 e. The van der Waals surface area contributed by atoms with E-state index in [0.29, 0.717) is 17.9 Å². The minimum atomic E-state index is -1.18. The predicted molar refractivity (Wildman–Crippen MR) is 142 cm³/mol. The number of aliphatic carboxylic acids is 1. The van der Waals surface area contributed by atoms with E-state index in [1.54, 1.807) is 18.2 Å². The average molecular weight is 522 g/mol. The third kappa shape index (κ3) is 7.05. The molecule has 0 aliphatic carbocycles. The van der Waals surface area contributed by atoms with Gasteiger partial charge in [0, 0.05) is 17.5 Å². The Bertz CT molecular complexity index is 1440. The van der Waals surface area contributed by atoms with Crippen LogP contribution < -0.4 is 15.8 Å². The minimum Gasteiger partial charge on any atom is -0.489 e. The highest BCUT2D eigenvalue weighted by molar-refractivity contribution is 5.96. The van der Waals surface area contributed by atoms with Gasteiger partial charge in [0.25, 0.3) is 5.91 Å². The summed E-state index contributed by atoms with van der Waals surface area (Å²) < 4.78 is 19.3. The van der Waals surface area contributed by atoms with Crippen LogP contribution in [0.15, 0.2) is 84.9 Å². The van der Waals surface area contributed by atoms with Crippen molar-refractivity contribution >= 4 is 40.9 Å². The van der Waals surface area contributed by atoms with Crippen molar-refractivity contribution in [2.24, 2.45) is 5.73 Å². The van der Waals surface area contributed by atoms with Gasteiger partial charge >= 0.3 is 5.97 Å². The molecule has 0 spiro atoms. The number of rotatable bonds is 9. The molecule has 1 atom stereocenters. The van der Waals surface area contributed by atoms with E-state index in [1.807, 2.05) is 42.5 Å². The maximum absolute atomic E-state index is 13.4. The number of benzene rings is 4. The van der Waals surface area contributed by atoms with Crippen molar-refractivity contribution in [3.63, 3.8) is 0 Å². The molecule has 190 valence electrons. The van der Waals surface area contributed by atoms with Crippen LogP contribution in [0.25, 0.3) is 10.8 Å². The van der Waals surface area contributed by atoms with E-state index in [9.17, 15) is 19.1 Å². The largest absolute Gasteiger partial charge is 0.489 e. The number of fused-ring (bicyclic) bond motifs is 1. The zero-order valence-electron chi connectivity index (χ0n) is 19.6. The van der Waals surface area contributed by atoms with Crippen LogP contribution in [0.5, 0.6) is 5.75 Å². The molecule has 0 radical (unpaired) electrons. The lowest BCUT2D eigenvalue weighted by molar-refractivity contribution is -0.139. The predicted octanol–water partition coefficient (Wildman–Crippen LogP) is 4.69. The third-order valence-corrected chi connectivity index (χ3v) is 5.68. The number of hydrogen-bond donors (Lipinski definition) is 4. The molecule has 37 heavy (non-hydrogen) atoms. The van der Waals surface area contributed by atoms with Crippen molar-refractivity contribution in [1.82, 2.24) is 5.32 Å². The fourth-order valence-electron chi connectivity index (χ4n) is 3.74. The summed E-state index contributed by atoms with van der Waals surface area (Å²) in [4.78, 5) is 24.2. The van der Waals surface area contributed by atoms with Crippen molar-refractivity contribution < 1.29 is 23.8 Å². The molecule has 0 fully saturated rings. The molecule has 1 unspecified atom stereocenters. The maximum atomic E-state index is 13.4. The van der Waals surface area contributed by atoms with Gasteiger partial charge in [-0.05, 0) is 52.2 Å². The third-order valence-electron chi connectivity index (χ3n) is 5.68. The number of halogens is 2. The van der Waals surface area contributed by atoms with E-state index in [2.05, 4.69) is 5.32 Å². The molecule has 1 amide bonds. The van der Waals surface area contributed by atoms with Gasteiger partial charge in [-0.25, -0.2) is 9.18 Å². The van der Waals surface area contributed by atoms with E-state index in [1.165, 1.54) is 18.2 Å². The number of hydrogen-bond acceptors (Lipinski definition) is 4. The summed E-state index contributed by atoms with van der Waals surface area (Å²) in [7, 11) is 0. The van der Waals surface area contributed by atoms with Crippen molar-refractivity contribution in [3.8, 4) is 5.75 Å². The molecule has 0 saturated heterocycles. The number of carbonyl (C=O) groups excluding carboxylic acids is 1. The Balaban J connectivity index is 0.00000380. The van der Waals surface area contributed by atoms with E-state index in [4.69, 9.17) is 15.9 Å². The summed E-state index contributed by atoms with van der Waals surface area (Å²) >= 11 is 0. The maximum Gasteiger partial charge on any atom is 0.326 e. The lowest BCUT2D eigenvalue weighted by Crippen LogP contribution is -2.42. The van der Waals surface area contributed by atoms with Crippen molar-refractivity contribution in [1.29, 1.82) is 5.41 Å². The van der Waals surface area contributed by atoms with Crippen LogP contribution in [0.4, 0.5) is 4.39 Å². The Morgan fingerprint density at radius 3 is 2.27 bits per heavy atom. The summed E-state index contributed by atoms with van der Waals surface area (Å²) in [5, 5.41) is 21.3. The molecule has 0 aromatic heterocycles. The highest BCUT2D eigenvalue weighted by atomic mass is 35.5. The Kier molecular flexibility index (Phi) is 8.81. The topological polar surface area (TPSA) is 126 Å². The molecule has 0 bridgehead atoms. The van der Waals surface area contributed by atoms with Crippen LogP contribution in [0, 0.1) is 11.2 Å². The number of carboxylic acid groups (broad SMARTS) is 1. The highest BCUT2D eigenvalue weighted by Crippen LogP contribution is 2.23. The zero-order chi connectivity index (χ0) is 25.7. The Morgan fingerprint density at radius 2 is 1.59 bits per heavy atom. The van der Waals surface area contributed by atoms with Crippen molar-refractivity contribution in [2.45, 2.75) is 19.1 Å². The SMILES string of the molecule is Cl.N=C(N)c1ccc(COc2ccc3cc(CC(NC(=O)c4cccc(F)c4)C(=O)O)ccc3c2)cc1. The normalized spacial score (nSPS) is 11.3. The lowest BCUT2D eigenvalue weighted by atomic mass is 10.0. The summed E-state index contributed by atoms with van der Waals surface area (Å²) in [5.74, 6) is -1.71. The van der Waals surface area contributed by atoms with Crippen LogP contribution in [-0.2, 0) is 17.8 Å². The molecule has 4 aromatic rings. The van der Waals surface area contributed by atoms with E-state index < -0.39 is 23.7 Å². The molecule has 0 aliphatic heterocycles. The molecular formula is C28H25ClFN3O4. The van der Waals surface area contributed by atoms with Gasteiger partial charge in [-0.15, -0.1) is 12.4 Å². The first-order valence-corrected chi connectivity index (χ1v) is 11.2. The molecule has 0 aliphatic rings. The molecule has 5 N–H and O–H groups in total. The first kappa shape index (κ1) is 27.2. The Labute approximate surface area is 219 Å². The number of nitrogen functional groups attached to an aromatic ring is 1. The van der Waals surface area contributed by atoms with E-state index in [-0.39, 0.29) is 30.2 Å². The summed E-state index contributed by atoms with van der Waals surface area (Å²) in [5.41, 5.74) is 7.86. The van der Waals surface area contributed by atoms with Gasteiger partial charge in [-0.2, -0.15) is 0 Å². The first-order chi connectivity index (χ1) is 17.3. The van der Waals surface area contributed by atoms with Crippen LogP contribution in [0.2, 0.25) is 0 Å². The van der Waals surface area contributed by atoms with Crippen LogP contribution in [0.3, 0.4) is 0 Å². The van der Waals surface area contributed by atoms with Gasteiger partial charge in [0.1, 0.15) is 30.1 Å². The van der Waals surface area contributed by atoms with Gasteiger partial charge in [0.15, 0.2) is 0 Å². The van der Waals surface area contributed by atoms with Crippen molar-refractivity contribution in [2.75, 3.05) is 0 Å². The van der Waals surface area contributed by atoms with E-state index in [0.717, 1.165) is 28.0 Å². The average Bonchev–Trinajstić information content (AvgIpc) is 2.87. The number of carbonyl (C=O) groups is 2. The molecule has 4 rings (SSSR count). The Hall–Kier alpha value is -4.43. The number of nitrogens with one attached hydrogen (secondary N) is 2. The van der Waals surface area contributed by atoms with Crippen LogP contribution in [-0.4, -0.2) is 28.9 Å². The van der Waals surface area contributed by atoms with Gasteiger partial charge in [0.2, 0.25) is 0 Å². The van der Waals surface area contributed by atoms with Crippen molar-refractivity contribution in [3.05, 3.63) is 113 Å². The zero-order valence-corrected chi connectivity index (χ0v) is 20.4. The second-order valence-electron chi connectivity index (χ2n) is 8.32. The van der Waals surface area contributed by atoms with Gasteiger partial charge in [-0.3, -0.25) is 10.2 Å². The summed E-state index contributed by atoms with van der Waals surface area (Å²) in [6.07, 6.45) is 0.0703. The molecule has 0 saturated carbocycles. The summed E-state index contributed by atoms with van der Waals surface area (Å²) in [6, 6.07) is 22.3. The molecular weight excluding hydrogens is 497 g/mol. The fourth-order valence-corrected chi connectivity index (χ4v) is 3.74. The molecule has 7 nitrogen and oxygen atoms in total. The number of amides is 1. The second kappa shape index (κ2) is 12.0. The molecule has 4 aromatic carbocycles. The van der Waals surface area contributed by atoms with Crippen LogP contribution >= 0.6 is 12.4 Å². The Morgan fingerprint density at radius 1 is 0.919 bits per heavy atom. The standard InChI is InChI=1S/C28H24FN3O4.ClH/c29-23-3-1-2-22(14-23)27(33)32-25(28(34)35)13-18-6-9-21-15-24(11-10-20(21)12-18)36-16-17-4-7-19(8-5-17)26(30)31;/h1-12,14-15,25H,13,16H2,(H3,30,31)(H,32,33)(H,34,35);1H. The second-order valence-corrected chi connectivity index (χ2v) is 8.32. The minimum absolute atomic E-state index is 0. The number of carboxylic acids is 1. The molecule has 0 heterocycles. The fraction of sp³-hybridized carbons (Fsp3) is 0.107. The highest BCUT2D eigenvalue weighted by Gasteiger charge is 2.21. The van der Waals surface area contributed by atoms with Gasteiger partial charge < -0.3 is 20.9 Å². The number of ether oxygens (including phenoxy) is 1. The van der Waals surface area contributed by atoms with Gasteiger partial charge in [0.05, 0.1) is 0 Å². The summed E-state index contributed by atoms with van der Waals surface area (Å²) in [6.45, 7) is 0.354. The lowest BCUT2D eigenvalue weighted by Gasteiger charge is -2.15. The van der Waals surface area contributed by atoms with Crippen LogP contribution in [0.1, 0.15) is 27.0 Å². The number of amidine groups is 1. The first-order valence-electron chi connectivity index (χ1n) is 11.2. The monoisotopic (exact) mass is 521 g/mol. The van der Waals surface area contributed by atoms with Gasteiger partial charge in [-0.1, -0.05) is 54.6 Å². The quantitative estimate of drug-likeness (QED) is 0.188.